The van der Waals surface area contributed by atoms with Gasteiger partial charge in [-0.25, -0.2) is 0 Å². The van der Waals surface area contributed by atoms with E-state index in [2.05, 4.69) is 106 Å². The third kappa shape index (κ3) is 5.66. The number of halogens is 1. The average Bonchev–Trinajstić information content (AvgIpc) is 3.21. The van der Waals surface area contributed by atoms with Gasteiger partial charge in [-0.3, -0.25) is 4.90 Å². The molecule has 5 nitrogen and oxygen atoms in total. The number of benzene rings is 3. The van der Waals surface area contributed by atoms with Crippen molar-refractivity contribution in [3.05, 3.63) is 83.9 Å². The fourth-order valence-corrected chi connectivity index (χ4v) is 3.52. The Morgan fingerprint density at radius 1 is 0.700 bits per heavy atom. The first-order valence-electron chi connectivity index (χ1n) is 9.98. The van der Waals surface area contributed by atoms with Crippen molar-refractivity contribution in [2.45, 2.75) is 13.1 Å². The van der Waals surface area contributed by atoms with Crippen molar-refractivity contribution in [3.8, 4) is 11.1 Å². The summed E-state index contributed by atoms with van der Waals surface area (Å²) < 4.78 is 0. The zero-order valence-corrected chi connectivity index (χ0v) is 18.3. The second kappa shape index (κ2) is 10.3. The maximum Gasteiger partial charge on any atom is 0.113 e. The molecule has 0 fully saturated rings. The number of hydrogen-bond donors (Lipinski definition) is 1. The topological polar surface area (TPSA) is 48.0 Å². The number of nitrogens with zero attached hydrogens (tertiary/aromatic N) is 4. The van der Waals surface area contributed by atoms with E-state index in [9.17, 15) is 0 Å². The summed E-state index contributed by atoms with van der Waals surface area (Å²) in [5.74, 6) is 0. The number of hydrogen-bond acceptors (Lipinski definition) is 4. The molecule has 0 saturated heterocycles. The van der Waals surface area contributed by atoms with Gasteiger partial charge in [-0.05, 0) is 54.5 Å². The minimum atomic E-state index is 0. The van der Waals surface area contributed by atoms with Gasteiger partial charge in [-0.2, -0.15) is 15.4 Å². The summed E-state index contributed by atoms with van der Waals surface area (Å²) in [7, 11) is 4.25. The van der Waals surface area contributed by atoms with E-state index in [0.717, 1.165) is 42.8 Å². The van der Waals surface area contributed by atoms with Gasteiger partial charge in [0.25, 0.3) is 0 Å². The van der Waals surface area contributed by atoms with E-state index in [1.54, 1.807) is 0 Å². The first-order valence-corrected chi connectivity index (χ1v) is 9.98. The lowest BCUT2D eigenvalue weighted by Crippen LogP contribution is -2.31. The number of H-pyrrole nitrogens is 1. The molecule has 1 N–H and O–H groups in total. The average molecular weight is 422 g/mol. The first-order chi connectivity index (χ1) is 14.2. The molecule has 3 aromatic carbocycles. The third-order valence-corrected chi connectivity index (χ3v) is 5.10. The van der Waals surface area contributed by atoms with Crippen LogP contribution in [0.25, 0.3) is 22.2 Å². The lowest BCUT2D eigenvalue weighted by Gasteiger charge is -2.24. The van der Waals surface area contributed by atoms with Crippen molar-refractivity contribution in [3.63, 3.8) is 0 Å². The molecule has 156 valence electrons. The van der Waals surface area contributed by atoms with Crippen LogP contribution in [0.5, 0.6) is 0 Å². The first kappa shape index (κ1) is 22.0. The van der Waals surface area contributed by atoms with Crippen molar-refractivity contribution in [2.75, 3.05) is 27.2 Å². The van der Waals surface area contributed by atoms with Crippen molar-refractivity contribution in [1.82, 2.24) is 25.2 Å². The monoisotopic (exact) mass is 421 g/mol. The van der Waals surface area contributed by atoms with Gasteiger partial charge in [0.2, 0.25) is 0 Å². The van der Waals surface area contributed by atoms with Gasteiger partial charge < -0.3 is 4.90 Å². The minimum Gasteiger partial charge on any atom is -0.308 e. The molecule has 0 aliphatic rings. The van der Waals surface area contributed by atoms with Gasteiger partial charge in [-0.15, -0.1) is 12.4 Å². The molecule has 0 spiro atoms. The Morgan fingerprint density at radius 3 is 2.20 bits per heavy atom. The molecule has 6 heteroatoms. The second-order valence-electron chi connectivity index (χ2n) is 7.73. The van der Waals surface area contributed by atoms with E-state index in [1.807, 2.05) is 6.07 Å². The Hall–Kier alpha value is -2.73. The third-order valence-electron chi connectivity index (χ3n) is 5.10. The Labute approximate surface area is 184 Å². The van der Waals surface area contributed by atoms with E-state index in [1.165, 1.54) is 16.7 Å². The van der Waals surface area contributed by atoms with E-state index in [4.69, 9.17) is 0 Å². The Kier molecular flexibility index (Phi) is 7.57. The van der Waals surface area contributed by atoms with Crippen LogP contribution >= 0.6 is 12.4 Å². The fraction of sp³-hybridized carbons (Fsp3) is 0.250. The van der Waals surface area contributed by atoms with Gasteiger partial charge in [0.15, 0.2) is 0 Å². The lowest BCUT2D eigenvalue weighted by atomic mass is 10.0. The summed E-state index contributed by atoms with van der Waals surface area (Å²) in [5, 5.41) is 11.0. The van der Waals surface area contributed by atoms with Crippen LogP contribution in [0, 0.1) is 0 Å². The zero-order valence-electron chi connectivity index (χ0n) is 17.5. The molecule has 1 heterocycles. The molecule has 0 radical (unpaired) electrons. The highest BCUT2D eigenvalue weighted by Gasteiger charge is 2.09. The number of aromatic amines is 1. The van der Waals surface area contributed by atoms with Gasteiger partial charge in [0.05, 0.1) is 0 Å². The summed E-state index contributed by atoms with van der Waals surface area (Å²) in [5.41, 5.74) is 6.82. The maximum absolute atomic E-state index is 4.21. The summed E-state index contributed by atoms with van der Waals surface area (Å²) in [6.07, 6.45) is 0. The van der Waals surface area contributed by atoms with Crippen molar-refractivity contribution < 1.29 is 0 Å². The van der Waals surface area contributed by atoms with Crippen LogP contribution in [0.2, 0.25) is 0 Å². The van der Waals surface area contributed by atoms with Crippen LogP contribution in [0.3, 0.4) is 0 Å². The summed E-state index contributed by atoms with van der Waals surface area (Å²) in [6.45, 7) is 3.93. The highest BCUT2D eigenvalue weighted by molar-refractivity contribution is 5.85. The number of aromatic nitrogens is 3. The van der Waals surface area contributed by atoms with Crippen molar-refractivity contribution >= 4 is 23.4 Å². The lowest BCUT2D eigenvalue weighted by molar-refractivity contribution is 0.226. The van der Waals surface area contributed by atoms with E-state index in [0.29, 0.717) is 0 Å². The summed E-state index contributed by atoms with van der Waals surface area (Å²) in [4.78, 5) is 4.75. The van der Waals surface area contributed by atoms with Crippen LogP contribution < -0.4 is 0 Å². The molecule has 4 rings (SSSR count). The molecule has 0 atom stereocenters. The van der Waals surface area contributed by atoms with Crippen LogP contribution in [0.1, 0.15) is 11.1 Å². The molecule has 30 heavy (non-hydrogen) atoms. The molecular formula is C24H28ClN5. The molecule has 0 aliphatic carbocycles. The highest BCUT2D eigenvalue weighted by atomic mass is 35.5. The standard InChI is InChI=1S/C24H27N5.ClH/c1-28(2)13-14-29(17-19-7-4-3-5-8-19)18-20-9-6-10-21(15-20)22-11-12-23-24(16-22)26-27-25-23;/h3-12,15-16H,13-14,17-18H2,1-2H3,(H,25,26,27);1H. The molecule has 0 bridgehead atoms. The molecule has 0 aliphatic heterocycles. The van der Waals surface area contributed by atoms with Gasteiger partial charge >= 0.3 is 0 Å². The SMILES string of the molecule is CN(C)CCN(Cc1ccccc1)Cc1cccc(-c2ccc3n[nH]nc3c2)c1.Cl. The molecule has 0 saturated carbocycles. The Bertz CT molecular complexity index is 1060. The zero-order chi connectivity index (χ0) is 20.1. The summed E-state index contributed by atoms with van der Waals surface area (Å²) in [6, 6.07) is 25.7. The van der Waals surface area contributed by atoms with Crippen molar-refractivity contribution in [2.24, 2.45) is 0 Å². The minimum absolute atomic E-state index is 0. The second-order valence-corrected chi connectivity index (χ2v) is 7.73. The Morgan fingerprint density at radius 2 is 1.40 bits per heavy atom. The predicted octanol–water partition coefficient (Wildman–Crippen LogP) is 4.61. The fourth-order valence-electron chi connectivity index (χ4n) is 3.52. The van der Waals surface area contributed by atoms with Crippen LogP contribution in [-0.4, -0.2) is 52.4 Å². The van der Waals surface area contributed by atoms with Crippen LogP contribution in [0.15, 0.2) is 72.8 Å². The van der Waals surface area contributed by atoms with Gasteiger partial charge in [0.1, 0.15) is 11.0 Å². The quantitative estimate of drug-likeness (QED) is 0.451. The molecule has 0 amide bonds. The smallest absolute Gasteiger partial charge is 0.113 e. The predicted molar refractivity (Wildman–Crippen MR) is 126 cm³/mol. The number of fused-ring (bicyclic) bond motifs is 1. The number of likely N-dealkylation sites (N-methyl/N-ethyl adjacent to an activating group) is 1. The van der Waals surface area contributed by atoms with Gasteiger partial charge in [0, 0.05) is 26.2 Å². The van der Waals surface area contributed by atoms with Crippen LogP contribution in [0.4, 0.5) is 0 Å². The van der Waals surface area contributed by atoms with E-state index >= 15 is 0 Å². The molecular weight excluding hydrogens is 394 g/mol. The van der Waals surface area contributed by atoms with E-state index in [-0.39, 0.29) is 12.4 Å². The van der Waals surface area contributed by atoms with Crippen molar-refractivity contribution in [1.29, 1.82) is 0 Å². The normalized spacial score (nSPS) is 11.2. The van der Waals surface area contributed by atoms with E-state index < -0.39 is 0 Å². The summed E-state index contributed by atoms with van der Waals surface area (Å²) >= 11 is 0. The molecule has 1 aromatic heterocycles. The number of rotatable bonds is 8. The molecule has 0 unspecified atom stereocenters. The maximum atomic E-state index is 4.21. The number of nitrogens with one attached hydrogen (secondary N) is 1. The van der Waals surface area contributed by atoms with Crippen LogP contribution in [-0.2, 0) is 13.1 Å². The highest BCUT2D eigenvalue weighted by Crippen LogP contribution is 2.24. The molecule has 4 aromatic rings. The Balaban J connectivity index is 0.00000256. The largest absolute Gasteiger partial charge is 0.308 e. The van der Waals surface area contributed by atoms with Gasteiger partial charge in [-0.1, -0.05) is 54.6 Å².